The molecule has 0 radical (unpaired) electrons. The van der Waals surface area contributed by atoms with Crippen LogP contribution in [0.25, 0.3) is 0 Å². The zero-order valence-corrected chi connectivity index (χ0v) is 9.94. The van der Waals surface area contributed by atoms with E-state index in [4.69, 9.17) is 0 Å². The zero-order chi connectivity index (χ0) is 12.3. The number of rotatable bonds is 2. The van der Waals surface area contributed by atoms with E-state index in [0.29, 0.717) is 5.69 Å². The Morgan fingerprint density at radius 3 is 2.88 bits per heavy atom. The molecule has 94 valence electrons. The van der Waals surface area contributed by atoms with Gasteiger partial charge in [0.05, 0.1) is 0 Å². The molecule has 6 heteroatoms. The fourth-order valence-corrected chi connectivity index (χ4v) is 2.84. The molecule has 1 atom stereocenters. The number of halogens is 3. The van der Waals surface area contributed by atoms with Gasteiger partial charge < -0.3 is 5.32 Å². The first-order valence-electron chi connectivity index (χ1n) is 5.43. The lowest BCUT2D eigenvalue weighted by atomic mass is 10.1. The van der Waals surface area contributed by atoms with Gasteiger partial charge in [-0.3, -0.25) is 4.98 Å². The lowest BCUT2D eigenvalue weighted by Gasteiger charge is -2.23. The molecule has 0 bridgehead atoms. The Bertz CT molecular complexity index is 375. The number of pyridine rings is 1. The number of nitrogens with zero attached hydrogens (tertiary/aromatic N) is 1. The van der Waals surface area contributed by atoms with Crippen LogP contribution < -0.4 is 5.32 Å². The lowest BCUT2D eigenvalue weighted by Crippen LogP contribution is -2.25. The zero-order valence-electron chi connectivity index (χ0n) is 9.13. The van der Waals surface area contributed by atoms with Crippen molar-refractivity contribution in [3.8, 4) is 0 Å². The quantitative estimate of drug-likeness (QED) is 0.884. The Morgan fingerprint density at radius 1 is 1.41 bits per heavy atom. The molecule has 1 aliphatic rings. The summed E-state index contributed by atoms with van der Waals surface area (Å²) < 4.78 is 37.4. The van der Waals surface area contributed by atoms with E-state index >= 15 is 0 Å². The van der Waals surface area contributed by atoms with E-state index in [1.54, 1.807) is 6.07 Å². The normalized spacial score (nSPS) is 21.2. The van der Waals surface area contributed by atoms with E-state index < -0.39 is 11.9 Å². The SMILES string of the molecule is FC(F)(F)c1cc(NC2CCCSC2)ccn1. The van der Waals surface area contributed by atoms with Crippen molar-refractivity contribution in [1.82, 2.24) is 4.98 Å². The molecule has 1 aromatic heterocycles. The van der Waals surface area contributed by atoms with Gasteiger partial charge in [0.1, 0.15) is 5.69 Å². The smallest absolute Gasteiger partial charge is 0.381 e. The van der Waals surface area contributed by atoms with Crippen LogP contribution in [-0.2, 0) is 6.18 Å². The number of thioether (sulfide) groups is 1. The van der Waals surface area contributed by atoms with E-state index in [0.717, 1.165) is 30.4 Å². The van der Waals surface area contributed by atoms with Crippen molar-refractivity contribution in [3.63, 3.8) is 0 Å². The molecule has 17 heavy (non-hydrogen) atoms. The molecule has 1 fully saturated rings. The summed E-state index contributed by atoms with van der Waals surface area (Å²) in [6.07, 6.45) is -1.06. The number of anilines is 1. The van der Waals surface area contributed by atoms with Crippen molar-refractivity contribution in [2.45, 2.75) is 25.1 Å². The average molecular weight is 262 g/mol. The van der Waals surface area contributed by atoms with E-state index in [1.807, 2.05) is 11.8 Å². The number of nitrogens with one attached hydrogen (secondary N) is 1. The van der Waals surface area contributed by atoms with Gasteiger partial charge in [0, 0.05) is 23.7 Å². The van der Waals surface area contributed by atoms with Crippen molar-refractivity contribution in [2.24, 2.45) is 0 Å². The third-order valence-corrected chi connectivity index (χ3v) is 3.80. The lowest BCUT2D eigenvalue weighted by molar-refractivity contribution is -0.141. The maximum absolute atomic E-state index is 12.5. The molecule has 2 nitrogen and oxygen atoms in total. The molecule has 1 N–H and O–H groups in total. The summed E-state index contributed by atoms with van der Waals surface area (Å²) in [6.45, 7) is 0. The summed E-state index contributed by atoms with van der Waals surface area (Å²) in [6, 6.07) is 2.91. The molecule has 0 spiro atoms. The number of hydrogen-bond acceptors (Lipinski definition) is 3. The van der Waals surface area contributed by atoms with Crippen LogP contribution in [0.3, 0.4) is 0 Å². The summed E-state index contributed by atoms with van der Waals surface area (Å²) in [5.74, 6) is 2.09. The summed E-state index contributed by atoms with van der Waals surface area (Å²) in [5, 5.41) is 3.13. The average Bonchev–Trinajstić information content (AvgIpc) is 2.29. The second kappa shape index (κ2) is 5.16. The molecule has 1 aromatic rings. The molecule has 1 saturated heterocycles. The van der Waals surface area contributed by atoms with E-state index in [2.05, 4.69) is 10.3 Å². The molecule has 1 aliphatic heterocycles. The van der Waals surface area contributed by atoms with Crippen molar-refractivity contribution in [1.29, 1.82) is 0 Å². The van der Waals surface area contributed by atoms with Gasteiger partial charge in [0.2, 0.25) is 0 Å². The molecule has 0 amide bonds. The van der Waals surface area contributed by atoms with Crippen molar-refractivity contribution in [3.05, 3.63) is 24.0 Å². The van der Waals surface area contributed by atoms with Gasteiger partial charge in [0.15, 0.2) is 0 Å². The van der Waals surface area contributed by atoms with Crippen molar-refractivity contribution >= 4 is 17.4 Å². The predicted octanol–water partition coefficient (Wildman–Crippen LogP) is 3.41. The monoisotopic (exact) mass is 262 g/mol. The van der Waals surface area contributed by atoms with Crippen LogP contribution >= 0.6 is 11.8 Å². The van der Waals surface area contributed by atoms with Crippen LogP contribution in [0.15, 0.2) is 18.3 Å². The first-order chi connectivity index (χ1) is 8.05. The highest BCUT2D eigenvalue weighted by atomic mass is 32.2. The molecule has 2 heterocycles. The topological polar surface area (TPSA) is 24.9 Å². The first-order valence-corrected chi connectivity index (χ1v) is 6.59. The predicted molar refractivity (Wildman–Crippen MR) is 63.2 cm³/mol. The van der Waals surface area contributed by atoms with E-state index in [9.17, 15) is 13.2 Å². The Balaban J connectivity index is 2.05. The summed E-state index contributed by atoms with van der Waals surface area (Å²) in [7, 11) is 0. The minimum absolute atomic E-state index is 0.261. The van der Waals surface area contributed by atoms with Crippen LogP contribution in [0.2, 0.25) is 0 Å². The highest BCUT2D eigenvalue weighted by Gasteiger charge is 2.32. The maximum atomic E-state index is 12.5. The van der Waals surface area contributed by atoms with Gasteiger partial charge in [-0.2, -0.15) is 24.9 Å². The number of alkyl halides is 3. The second-order valence-corrected chi connectivity index (χ2v) is 5.14. The molecular formula is C11H13F3N2S. The largest absolute Gasteiger partial charge is 0.433 e. The summed E-state index contributed by atoms with van der Waals surface area (Å²) >= 11 is 1.83. The van der Waals surface area contributed by atoms with Crippen LogP contribution in [0.5, 0.6) is 0 Å². The molecule has 0 aliphatic carbocycles. The molecule has 0 aromatic carbocycles. The van der Waals surface area contributed by atoms with Gasteiger partial charge in [-0.1, -0.05) is 0 Å². The van der Waals surface area contributed by atoms with Crippen molar-refractivity contribution in [2.75, 3.05) is 16.8 Å². The number of aromatic nitrogens is 1. The second-order valence-electron chi connectivity index (χ2n) is 3.99. The third kappa shape index (κ3) is 3.52. The van der Waals surface area contributed by atoms with Crippen LogP contribution in [0.4, 0.5) is 18.9 Å². The Labute approximate surface area is 102 Å². The Hall–Kier alpha value is -0.910. The fraction of sp³-hybridized carbons (Fsp3) is 0.545. The van der Waals surface area contributed by atoms with E-state index in [1.165, 1.54) is 6.20 Å². The van der Waals surface area contributed by atoms with Gasteiger partial charge >= 0.3 is 6.18 Å². The van der Waals surface area contributed by atoms with Gasteiger partial charge in [-0.05, 0) is 30.7 Å². The van der Waals surface area contributed by atoms with Crippen LogP contribution in [0, 0.1) is 0 Å². The van der Waals surface area contributed by atoms with Crippen LogP contribution in [-0.4, -0.2) is 22.5 Å². The fourth-order valence-electron chi connectivity index (χ4n) is 1.77. The van der Waals surface area contributed by atoms with Crippen molar-refractivity contribution < 1.29 is 13.2 Å². The molecule has 2 rings (SSSR count). The third-order valence-electron chi connectivity index (χ3n) is 2.58. The molecule has 1 unspecified atom stereocenters. The van der Waals surface area contributed by atoms with E-state index in [-0.39, 0.29) is 6.04 Å². The first kappa shape index (κ1) is 12.5. The van der Waals surface area contributed by atoms with Gasteiger partial charge in [-0.15, -0.1) is 0 Å². The Morgan fingerprint density at radius 2 is 2.24 bits per heavy atom. The highest BCUT2D eigenvalue weighted by Crippen LogP contribution is 2.29. The van der Waals surface area contributed by atoms with Gasteiger partial charge in [0.25, 0.3) is 0 Å². The summed E-state index contributed by atoms with van der Waals surface area (Å²) in [5.41, 5.74) is -0.342. The number of hydrogen-bond donors (Lipinski definition) is 1. The van der Waals surface area contributed by atoms with Crippen LogP contribution in [0.1, 0.15) is 18.5 Å². The minimum Gasteiger partial charge on any atom is -0.381 e. The van der Waals surface area contributed by atoms with Gasteiger partial charge in [-0.25, -0.2) is 0 Å². The maximum Gasteiger partial charge on any atom is 0.433 e. The highest BCUT2D eigenvalue weighted by molar-refractivity contribution is 7.99. The molecular weight excluding hydrogens is 249 g/mol. The molecule has 0 saturated carbocycles. The Kier molecular flexibility index (Phi) is 3.81. The standard InChI is InChI=1S/C11H13F3N2S/c12-11(13,14)10-6-8(3-4-15-10)16-9-2-1-5-17-7-9/h3-4,6,9H,1-2,5,7H2,(H,15,16). The summed E-state index contributed by atoms with van der Waals surface area (Å²) in [4.78, 5) is 3.33. The minimum atomic E-state index is -4.38.